The maximum atomic E-state index is 12.0. The Morgan fingerprint density at radius 2 is 1.95 bits per heavy atom. The highest BCUT2D eigenvalue weighted by molar-refractivity contribution is 6.30. The SMILES string of the molecule is CCC(=O)Nc1ccc(C(=O)COc2cccnc2Cl)cc1. The molecule has 0 radical (unpaired) electrons. The number of pyridine rings is 1. The molecular formula is C16H15ClN2O3. The molecule has 5 nitrogen and oxygen atoms in total. The van der Waals surface area contributed by atoms with Crippen LogP contribution in [0.4, 0.5) is 5.69 Å². The zero-order valence-corrected chi connectivity index (χ0v) is 12.8. The molecule has 1 heterocycles. The van der Waals surface area contributed by atoms with Crippen LogP contribution in [0.15, 0.2) is 42.6 Å². The lowest BCUT2D eigenvalue weighted by Gasteiger charge is -2.07. The number of rotatable bonds is 6. The van der Waals surface area contributed by atoms with E-state index in [1.54, 1.807) is 49.5 Å². The van der Waals surface area contributed by atoms with Crippen molar-refractivity contribution < 1.29 is 14.3 Å². The van der Waals surface area contributed by atoms with Gasteiger partial charge < -0.3 is 10.1 Å². The monoisotopic (exact) mass is 318 g/mol. The van der Waals surface area contributed by atoms with Gasteiger partial charge in [0.25, 0.3) is 0 Å². The Balaban J connectivity index is 1.95. The number of nitrogens with one attached hydrogen (secondary N) is 1. The third-order valence-electron chi connectivity index (χ3n) is 2.90. The summed E-state index contributed by atoms with van der Waals surface area (Å²) in [5.41, 5.74) is 1.15. The number of halogens is 1. The third kappa shape index (κ3) is 4.30. The van der Waals surface area contributed by atoms with Gasteiger partial charge in [0.15, 0.2) is 23.3 Å². The van der Waals surface area contributed by atoms with E-state index >= 15 is 0 Å². The van der Waals surface area contributed by atoms with Gasteiger partial charge in [-0.1, -0.05) is 18.5 Å². The normalized spacial score (nSPS) is 10.1. The quantitative estimate of drug-likeness (QED) is 0.655. The number of carbonyl (C=O) groups excluding carboxylic acids is 2. The van der Waals surface area contributed by atoms with Crippen molar-refractivity contribution in [1.29, 1.82) is 0 Å². The number of anilines is 1. The summed E-state index contributed by atoms with van der Waals surface area (Å²) in [6.07, 6.45) is 1.95. The average Bonchev–Trinajstić information content (AvgIpc) is 2.54. The molecule has 2 rings (SSSR count). The molecule has 1 aromatic carbocycles. The molecule has 2 aromatic rings. The van der Waals surface area contributed by atoms with E-state index in [-0.39, 0.29) is 23.5 Å². The van der Waals surface area contributed by atoms with Crippen LogP contribution in [0, 0.1) is 0 Å². The Bertz CT molecular complexity index is 671. The van der Waals surface area contributed by atoms with Crippen LogP contribution < -0.4 is 10.1 Å². The molecule has 1 N–H and O–H groups in total. The first kappa shape index (κ1) is 16.0. The molecule has 114 valence electrons. The number of aromatic nitrogens is 1. The summed E-state index contributed by atoms with van der Waals surface area (Å²) >= 11 is 5.85. The Hall–Kier alpha value is -2.40. The summed E-state index contributed by atoms with van der Waals surface area (Å²) in [4.78, 5) is 27.2. The summed E-state index contributed by atoms with van der Waals surface area (Å²) in [6, 6.07) is 9.96. The van der Waals surface area contributed by atoms with Gasteiger partial charge in [-0.15, -0.1) is 0 Å². The van der Waals surface area contributed by atoms with Crippen molar-refractivity contribution in [2.45, 2.75) is 13.3 Å². The second-order valence-electron chi connectivity index (χ2n) is 4.48. The molecule has 1 amide bonds. The lowest BCUT2D eigenvalue weighted by molar-refractivity contribution is -0.115. The van der Waals surface area contributed by atoms with Gasteiger partial charge >= 0.3 is 0 Å². The van der Waals surface area contributed by atoms with Crippen LogP contribution in [-0.4, -0.2) is 23.3 Å². The van der Waals surface area contributed by atoms with Crippen molar-refractivity contribution in [3.8, 4) is 5.75 Å². The lowest BCUT2D eigenvalue weighted by Crippen LogP contribution is -2.13. The van der Waals surface area contributed by atoms with Crippen molar-refractivity contribution in [1.82, 2.24) is 4.98 Å². The molecule has 0 unspecified atom stereocenters. The minimum absolute atomic E-state index is 0.0753. The molecule has 0 aliphatic carbocycles. The van der Waals surface area contributed by atoms with Crippen LogP contribution in [0.1, 0.15) is 23.7 Å². The minimum Gasteiger partial charge on any atom is -0.482 e. The predicted octanol–water partition coefficient (Wildman–Crippen LogP) is 3.35. The summed E-state index contributed by atoms with van der Waals surface area (Å²) in [5, 5.41) is 2.93. The van der Waals surface area contributed by atoms with Gasteiger partial charge in [0.1, 0.15) is 0 Å². The van der Waals surface area contributed by atoms with E-state index in [0.717, 1.165) is 0 Å². The molecule has 0 fully saturated rings. The smallest absolute Gasteiger partial charge is 0.224 e. The van der Waals surface area contributed by atoms with Gasteiger partial charge in [-0.3, -0.25) is 9.59 Å². The fourth-order valence-corrected chi connectivity index (χ4v) is 1.87. The molecule has 0 atom stereocenters. The Morgan fingerprint density at radius 1 is 1.23 bits per heavy atom. The fourth-order valence-electron chi connectivity index (χ4n) is 1.69. The van der Waals surface area contributed by atoms with Crippen LogP contribution in [-0.2, 0) is 4.79 Å². The lowest BCUT2D eigenvalue weighted by atomic mass is 10.1. The molecule has 22 heavy (non-hydrogen) atoms. The van der Waals surface area contributed by atoms with E-state index in [0.29, 0.717) is 23.4 Å². The largest absolute Gasteiger partial charge is 0.482 e. The number of Topliss-reactive ketones (excluding diaryl/α,β-unsaturated/α-hetero) is 1. The highest BCUT2D eigenvalue weighted by Gasteiger charge is 2.09. The maximum Gasteiger partial charge on any atom is 0.224 e. The Kier molecular flexibility index (Phi) is 5.49. The van der Waals surface area contributed by atoms with Crippen LogP contribution in [0.3, 0.4) is 0 Å². The second-order valence-corrected chi connectivity index (χ2v) is 4.84. The molecule has 6 heteroatoms. The second kappa shape index (κ2) is 7.56. The number of carbonyl (C=O) groups is 2. The highest BCUT2D eigenvalue weighted by atomic mass is 35.5. The number of nitrogens with zero attached hydrogens (tertiary/aromatic N) is 1. The first-order valence-electron chi connectivity index (χ1n) is 6.76. The zero-order chi connectivity index (χ0) is 15.9. The van der Waals surface area contributed by atoms with Crippen LogP contribution in [0.25, 0.3) is 0 Å². The Labute approximate surface area is 133 Å². The standard InChI is InChI=1S/C16H15ClN2O3/c1-2-15(21)19-12-7-5-11(6-8-12)13(20)10-22-14-4-3-9-18-16(14)17/h3-9H,2,10H2,1H3,(H,19,21). The van der Waals surface area contributed by atoms with Crippen molar-refractivity contribution in [2.75, 3.05) is 11.9 Å². The summed E-state index contributed by atoms with van der Waals surface area (Å²) in [6.45, 7) is 1.64. The van der Waals surface area contributed by atoms with E-state index in [1.165, 1.54) is 0 Å². The molecule has 0 aliphatic rings. The van der Waals surface area contributed by atoms with E-state index in [4.69, 9.17) is 16.3 Å². The Morgan fingerprint density at radius 3 is 2.59 bits per heavy atom. The van der Waals surface area contributed by atoms with E-state index in [9.17, 15) is 9.59 Å². The van der Waals surface area contributed by atoms with E-state index < -0.39 is 0 Å². The number of hydrogen-bond acceptors (Lipinski definition) is 4. The number of amides is 1. The number of ether oxygens (including phenoxy) is 1. The summed E-state index contributed by atoms with van der Waals surface area (Å²) in [7, 11) is 0. The average molecular weight is 319 g/mol. The third-order valence-corrected chi connectivity index (χ3v) is 3.18. The van der Waals surface area contributed by atoms with Crippen molar-refractivity contribution >= 4 is 29.0 Å². The molecule has 0 saturated carbocycles. The number of benzene rings is 1. The topological polar surface area (TPSA) is 68.3 Å². The van der Waals surface area contributed by atoms with Crippen molar-refractivity contribution in [2.24, 2.45) is 0 Å². The van der Waals surface area contributed by atoms with Crippen LogP contribution in [0.5, 0.6) is 5.75 Å². The van der Waals surface area contributed by atoms with Crippen molar-refractivity contribution in [3.63, 3.8) is 0 Å². The molecule has 1 aromatic heterocycles. The first-order valence-corrected chi connectivity index (χ1v) is 7.14. The summed E-state index contributed by atoms with van der Waals surface area (Å²) < 4.78 is 5.35. The highest BCUT2D eigenvalue weighted by Crippen LogP contribution is 2.20. The summed E-state index contributed by atoms with van der Waals surface area (Å²) in [5.74, 6) is 0.103. The van der Waals surface area contributed by atoms with Gasteiger partial charge in [-0.2, -0.15) is 0 Å². The van der Waals surface area contributed by atoms with E-state index in [1.807, 2.05) is 0 Å². The maximum absolute atomic E-state index is 12.0. The van der Waals surface area contributed by atoms with E-state index in [2.05, 4.69) is 10.3 Å². The minimum atomic E-state index is -0.187. The van der Waals surface area contributed by atoms with Gasteiger partial charge in [0, 0.05) is 23.9 Å². The predicted molar refractivity (Wildman–Crippen MR) is 84.4 cm³/mol. The van der Waals surface area contributed by atoms with Gasteiger partial charge in [-0.25, -0.2) is 4.98 Å². The number of hydrogen-bond donors (Lipinski definition) is 1. The molecule has 0 bridgehead atoms. The van der Waals surface area contributed by atoms with Gasteiger partial charge in [-0.05, 0) is 36.4 Å². The van der Waals surface area contributed by atoms with Crippen LogP contribution >= 0.6 is 11.6 Å². The molecular weight excluding hydrogens is 304 g/mol. The van der Waals surface area contributed by atoms with Gasteiger partial charge in [0.05, 0.1) is 0 Å². The molecule has 0 spiro atoms. The zero-order valence-electron chi connectivity index (χ0n) is 12.0. The first-order chi connectivity index (χ1) is 10.6. The van der Waals surface area contributed by atoms with Crippen LogP contribution in [0.2, 0.25) is 5.15 Å². The van der Waals surface area contributed by atoms with Crippen molar-refractivity contribution in [3.05, 3.63) is 53.3 Å². The fraction of sp³-hybridized carbons (Fsp3) is 0.188. The molecule has 0 saturated heterocycles. The van der Waals surface area contributed by atoms with Gasteiger partial charge in [0.2, 0.25) is 5.91 Å². The number of ketones is 1. The molecule has 0 aliphatic heterocycles.